The van der Waals surface area contributed by atoms with E-state index in [1.807, 2.05) is 18.2 Å². The molecule has 0 aliphatic carbocycles. The largest absolute Gasteiger partial charge is 0.396 e. The lowest BCUT2D eigenvalue weighted by atomic mass is 9.86. The second-order valence-electron chi connectivity index (χ2n) is 8.94. The number of nitrogens with zero attached hydrogens (tertiary/aromatic N) is 3. The van der Waals surface area contributed by atoms with Gasteiger partial charge in [-0.05, 0) is 36.2 Å². The van der Waals surface area contributed by atoms with Gasteiger partial charge in [0.15, 0.2) is 0 Å². The molecule has 2 N–H and O–H groups in total. The highest BCUT2D eigenvalue weighted by molar-refractivity contribution is 5.80. The minimum atomic E-state index is -0.560. The maximum atomic E-state index is 14.5. The fourth-order valence-corrected chi connectivity index (χ4v) is 5.51. The topological polar surface area (TPSA) is 87.5 Å². The summed E-state index contributed by atoms with van der Waals surface area (Å²) in [6, 6.07) is 14.8. The van der Waals surface area contributed by atoms with Crippen molar-refractivity contribution in [2.24, 2.45) is 11.8 Å². The molecule has 8 heteroatoms. The molecule has 2 aromatic heterocycles. The van der Waals surface area contributed by atoms with Crippen molar-refractivity contribution in [1.82, 2.24) is 19.8 Å². The maximum absolute atomic E-state index is 14.5. The summed E-state index contributed by atoms with van der Waals surface area (Å²) in [5, 5.41) is 13.4. The number of benzene rings is 1. The first kappa shape index (κ1) is 22.4. The van der Waals surface area contributed by atoms with Crippen molar-refractivity contribution in [3.8, 4) is 0 Å². The smallest absolute Gasteiger partial charge is 0.250 e. The first-order chi connectivity index (χ1) is 16.6. The molecule has 1 fully saturated rings. The van der Waals surface area contributed by atoms with Gasteiger partial charge in [-0.3, -0.25) is 19.5 Å². The van der Waals surface area contributed by atoms with Crippen LogP contribution in [0, 0.1) is 17.7 Å². The Morgan fingerprint density at radius 1 is 1.12 bits per heavy atom. The summed E-state index contributed by atoms with van der Waals surface area (Å²) >= 11 is 0. The molecule has 1 saturated heterocycles. The van der Waals surface area contributed by atoms with Crippen LogP contribution in [0.2, 0.25) is 0 Å². The van der Waals surface area contributed by atoms with Crippen LogP contribution in [0.25, 0.3) is 0 Å². The van der Waals surface area contributed by atoms with E-state index in [-0.39, 0.29) is 35.9 Å². The van der Waals surface area contributed by atoms with Crippen LogP contribution in [-0.4, -0.2) is 44.7 Å². The Kier molecular flexibility index (Phi) is 6.26. The van der Waals surface area contributed by atoms with Crippen LogP contribution >= 0.6 is 0 Å². The van der Waals surface area contributed by atoms with Gasteiger partial charge in [0.05, 0.1) is 12.0 Å². The van der Waals surface area contributed by atoms with Gasteiger partial charge in [-0.2, -0.15) is 0 Å². The lowest BCUT2D eigenvalue weighted by Crippen LogP contribution is -2.46. The summed E-state index contributed by atoms with van der Waals surface area (Å²) in [7, 11) is 0. The Morgan fingerprint density at radius 2 is 1.91 bits per heavy atom. The Bertz CT molecular complexity index is 1230. The third-order valence-electron chi connectivity index (χ3n) is 7.12. The normalized spacial score (nSPS) is 23.5. The fraction of sp³-hybridized carbons (Fsp3) is 0.346. The first-order valence-corrected chi connectivity index (χ1v) is 11.5. The zero-order valence-corrected chi connectivity index (χ0v) is 18.7. The van der Waals surface area contributed by atoms with Crippen LogP contribution in [0.1, 0.15) is 22.9 Å². The number of aliphatic hydroxyl groups is 1. The minimum absolute atomic E-state index is 0.131. The van der Waals surface area contributed by atoms with Crippen LogP contribution in [-0.2, 0) is 24.3 Å². The Hall–Kier alpha value is -3.36. The monoisotopic (exact) mass is 462 g/mol. The number of pyridine rings is 2. The van der Waals surface area contributed by atoms with E-state index in [4.69, 9.17) is 0 Å². The van der Waals surface area contributed by atoms with Crippen molar-refractivity contribution < 1.29 is 14.3 Å². The summed E-state index contributed by atoms with van der Waals surface area (Å²) in [5.41, 5.74) is 2.19. The highest BCUT2D eigenvalue weighted by Gasteiger charge is 2.55. The van der Waals surface area contributed by atoms with Crippen LogP contribution in [0.4, 0.5) is 4.39 Å². The molecule has 3 aromatic rings. The van der Waals surface area contributed by atoms with Crippen molar-refractivity contribution in [2.75, 3.05) is 13.2 Å². The number of halogens is 1. The maximum Gasteiger partial charge on any atom is 0.250 e. The molecule has 0 unspecified atom stereocenters. The summed E-state index contributed by atoms with van der Waals surface area (Å²) in [5.74, 6) is -1.41. The van der Waals surface area contributed by atoms with Crippen molar-refractivity contribution in [1.29, 1.82) is 0 Å². The van der Waals surface area contributed by atoms with E-state index in [0.29, 0.717) is 31.6 Å². The Balaban J connectivity index is 1.46. The average Bonchev–Trinajstić information content (AvgIpc) is 3.05. The number of carbonyl (C=O) groups is 1. The number of aromatic nitrogens is 2. The van der Waals surface area contributed by atoms with E-state index in [0.717, 1.165) is 11.3 Å². The molecule has 5 rings (SSSR count). The van der Waals surface area contributed by atoms with E-state index in [9.17, 15) is 19.1 Å². The number of hydrogen-bond acceptors (Lipinski definition) is 5. The molecule has 176 valence electrons. The van der Waals surface area contributed by atoms with E-state index in [2.05, 4.69) is 15.2 Å². The van der Waals surface area contributed by atoms with Crippen LogP contribution in [0.3, 0.4) is 0 Å². The van der Waals surface area contributed by atoms with Gasteiger partial charge in [-0.25, -0.2) is 4.39 Å². The number of amides is 1. The van der Waals surface area contributed by atoms with E-state index in [1.165, 1.54) is 12.1 Å². The molecule has 34 heavy (non-hydrogen) atoms. The highest BCUT2D eigenvalue weighted by Crippen LogP contribution is 2.48. The quantitative estimate of drug-likeness (QED) is 0.560. The predicted octanol–water partition coefficient (Wildman–Crippen LogP) is 1.91. The van der Waals surface area contributed by atoms with Crippen LogP contribution in [0.5, 0.6) is 0 Å². The van der Waals surface area contributed by atoms with Gasteiger partial charge in [-0.15, -0.1) is 0 Å². The van der Waals surface area contributed by atoms with Gasteiger partial charge in [-0.1, -0.05) is 24.3 Å². The van der Waals surface area contributed by atoms with Gasteiger partial charge < -0.3 is 15.0 Å². The summed E-state index contributed by atoms with van der Waals surface area (Å²) in [6.45, 7) is 0.901. The highest BCUT2D eigenvalue weighted by atomic mass is 19.1. The van der Waals surface area contributed by atoms with Crippen LogP contribution in [0.15, 0.2) is 71.8 Å². The standard InChI is InChI=1S/C26H27FN4O3/c27-20-5-2-1-4-18(20)14-31-22-15-30-21(6-3-7-23(30)33)25(31)24(19(22)16-32)26(34)29-13-10-17-8-11-28-12-9-17/h1-9,11-12,19,22,24-25,32H,10,13-16H2,(H,29,34)/t19-,22-,24+,25+/m0/s1. The van der Waals surface area contributed by atoms with Crippen molar-refractivity contribution in [2.45, 2.75) is 31.6 Å². The molecule has 4 heterocycles. The summed E-state index contributed by atoms with van der Waals surface area (Å²) in [6.07, 6.45) is 4.09. The number of nitrogens with one attached hydrogen (secondary N) is 1. The molecular formula is C26H27FN4O3. The van der Waals surface area contributed by atoms with E-state index < -0.39 is 12.0 Å². The summed E-state index contributed by atoms with van der Waals surface area (Å²) in [4.78, 5) is 32.2. The molecular weight excluding hydrogens is 435 g/mol. The van der Waals surface area contributed by atoms with Crippen molar-refractivity contribution >= 4 is 5.91 Å². The molecule has 2 aliphatic rings. The summed E-state index contributed by atoms with van der Waals surface area (Å²) < 4.78 is 16.2. The number of hydrogen-bond donors (Lipinski definition) is 2. The number of carbonyl (C=O) groups excluding carboxylic acids is 1. The molecule has 1 aromatic carbocycles. The zero-order valence-electron chi connectivity index (χ0n) is 18.7. The number of fused-ring (bicyclic) bond motifs is 4. The first-order valence-electron chi connectivity index (χ1n) is 11.5. The molecule has 0 radical (unpaired) electrons. The SMILES string of the molecule is O=C(NCCc1ccncc1)[C@@H]1[C@@H](CO)[C@@H]2Cn3c(cccc3=O)[C@H]1N2Cc1ccccc1F. The molecule has 7 nitrogen and oxygen atoms in total. The number of aliphatic hydroxyl groups excluding tert-OH is 1. The van der Waals surface area contributed by atoms with Crippen LogP contribution < -0.4 is 10.9 Å². The number of rotatable bonds is 7. The molecule has 1 amide bonds. The Morgan fingerprint density at radius 3 is 2.68 bits per heavy atom. The third kappa shape index (κ3) is 4.03. The average molecular weight is 463 g/mol. The molecule has 2 aliphatic heterocycles. The Labute approximate surface area is 196 Å². The van der Waals surface area contributed by atoms with Gasteiger partial charge in [0.25, 0.3) is 5.56 Å². The van der Waals surface area contributed by atoms with E-state index in [1.54, 1.807) is 41.2 Å². The lowest BCUT2D eigenvalue weighted by Gasteiger charge is -2.38. The lowest BCUT2D eigenvalue weighted by molar-refractivity contribution is -0.127. The molecule has 4 atom stereocenters. The minimum Gasteiger partial charge on any atom is -0.396 e. The zero-order chi connectivity index (χ0) is 23.7. The van der Waals surface area contributed by atoms with Crippen molar-refractivity contribution in [3.63, 3.8) is 0 Å². The van der Waals surface area contributed by atoms with Gasteiger partial charge >= 0.3 is 0 Å². The second-order valence-corrected chi connectivity index (χ2v) is 8.94. The van der Waals surface area contributed by atoms with Gasteiger partial charge in [0.2, 0.25) is 5.91 Å². The van der Waals surface area contributed by atoms with Crippen molar-refractivity contribution in [3.05, 3.63) is 100.0 Å². The second kappa shape index (κ2) is 9.48. The van der Waals surface area contributed by atoms with Gasteiger partial charge in [0, 0.05) is 67.9 Å². The third-order valence-corrected chi connectivity index (χ3v) is 7.12. The predicted molar refractivity (Wildman–Crippen MR) is 124 cm³/mol. The molecule has 0 saturated carbocycles. The fourth-order valence-electron chi connectivity index (χ4n) is 5.51. The molecule has 0 spiro atoms. The van der Waals surface area contributed by atoms with E-state index >= 15 is 0 Å². The van der Waals surface area contributed by atoms with Gasteiger partial charge in [0.1, 0.15) is 5.82 Å². The molecule has 2 bridgehead atoms.